The molecule has 1 heterocycles. The van der Waals surface area contributed by atoms with Gasteiger partial charge in [-0.1, -0.05) is 37.7 Å². The van der Waals surface area contributed by atoms with Gasteiger partial charge in [0.25, 0.3) is 0 Å². The Morgan fingerprint density at radius 1 is 1.33 bits per heavy atom. The molecule has 2 N–H and O–H groups in total. The van der Waals surface area contributed by atoms with Crippen LogP contribution in [0.1, 0.15) is 36.5 Å². The minimum Gasteiger partial charge on any atom is -0.439 e. The van der Waals surface area contributed by atoms with Gasteiger partial charge >= 0.3 is 0 Å². The summed E-state index contributed by atoms with van der Waals surface area (Å²) in [4.78, 5) is 4.53. The van der Waals surface area contributed by atoms with E-state index in [0.29, 0.717) is 22.3 Å². The van der Waals surface area contributed by atoms with E-state index >= 15 is 0 Å². The number of aromatic nitrogens is 1. The second kappa shape index (κ2) is 6.41. The van der Waals surface area contributed by atoms with Crippen molar-refractivity contribution >= 4 is 28.8 Å². The molecule has 0 aliphatic heterocycles. The first-order valence-electron chi connectivity index (χ1n) is 6.62. The number of pyridine rings is 1. The molecule has 2 rings (SSSR count). The van der Waals surface area contributed by atoms with Crippen LogP contribution in [0.15, 0.2) is 30.5 Å². The topological polar surface area (TPSA) is 48.1 Å². The highest BCUT2D eigenvalue weighted by atomic mass is 35.5. The van der Waals surface area contributed by atoms with Crippen molar-refractivity contribution in [3.05, 3.63) is 52.2 Å². The maximum absolute atomic E-state index is 6.26. The molecule has 1 aromatic carbocycles. The van der Waals surface area contributed by atoms with Crippen LogP contribution in [-0.2, 0) is 0 Å². The number of hydrogen-bond donors (Lipinski definition) is 1. The number of nitrogens with two attached hydrogens (primary N) is 1. The van der Waals surface area contributed by atoms with E-state index < -0.39 is 0 Å². The number of ether oxygens (including phenoxy) is 1. The lowest BCUT2D eigenvalue weighted by atomic mass is 10.0. The second-order valence-corrected chi connectivity index (χ2v) is 5.99. The molecule has 0 saturated heterocycles. The van der Waals surface area contributed by atoms with Crippen molar-refractivity contribution in [2.24, 2.45) is 5.73 Å². The predicted molar refractivity (Wildman–Crippen MR) is 90.5 cm³/mol. The number of hydrogen-bond acceptors (Lipinski definition) is 3. The van der Waals surface area contributed by atoms with Crippen molar-refractivity contribution in [1.82, 2.24) is 4.98 Å². The fourth-order valence-electron chi connectivity index (χ4n) is 1.92. The van der Waals surface area contributed by atoms with Crippen molar-refractivity contribution in [1.29, 1.82) is 0 Å². The molecule has 110 valence electrons. The van der Waals surface area contributed by atoms with E-state index in [-0.39, 0.29) is 0 Å². The smallest absolute Gasteiger partial charge is 0.219 e. The molecule has 2 aromatic rings. The highest BCUT2D eigenvalue weighted by Gasteiger charge is 2.11. The number of rotatable bonds is 4. The average Bonchev–Trinajstić information content (AvgIpc) is 2.42. The molecule has 0 fully saturated rings. The summed E-state index contributed by atoms with van der Waals surface area (Å²) in [5.41, 5.74) is 8.28. The standard InChI is InChI=1S/C16H17ClN2OS/c1-9(2)12-7-14(10(3)6-13(12)17)20-15-5-4-11(8-19-15)16(18)21/h4-9H,1-3H3,(H2,18,21). The van der Waals surface area contributed by atoms with E-state index in [1.54, 1.807) is 18.3 Å². The van der Waals surface area contributed by atoms with Gasteiger partial charge < -0.3 is 10.5 Å². The van der Waals surface area contributed by atoms with Crippen LogP contribution in [0.4, 0.5) is 0 Å². The van der Waals surface area contributed by atoms with Crippen molar-refractivity contribution in [2.75, 3.05) is 0 Å². The Bertz CT molecular complexity index is 669. The summed E-state index contributed by atoms with van der Waals surface area (Å²) in [5.74, 6) is 1.57. The minimum absolute atomic E-state index is 0.318. The maximum atomic E-state index is 6.26. The third kappa shape index (κ3) is 3.71. The van der Waals surface area contributed by atoms with Crippen LogP contribution in [0.3, 0.4) is 0 Å². The zero-order chi connectivity index (χ0) is 15.6. The zero-order valence-corrected chi connectivity index (χ0v) is 13.8. The molecule has 0 aliphatic rings. The fraction of sp³-hybridized carbons (Fsp3) is 0.250. The van der Waals surface area contributed by atoms with Gasteiger partial charge in [-0.05, 0) is 42.2 Å². The molecule has 0 bridgehead atoms. The first-order chi connectivity index (χ1) is 9.88. The van der Waals surface area contributed by atoms with E-state index in [9.17, 15) is 0 Å². The first kappa shape index (κ1) is 15.7. The lowest BCUT2D eigenvalue weighted by Gasteiger charge is -2.14. The second-order valence-electron chi connectivity index (χ2n) is 5.15. The number of aryl methyl sites for hydroxylation is 1. The first-order valence-corrected chi connectivity index (χ1v) is 7.41. The van der Waals surface area contributed by atoms with E-state index in [1.807, 2.05) is 19.1 Å². The third-order valence-corrected chi connectivity index (χ3v) is 3.71. The van der Waals surface area contributed by atoms with E-state index in [4.69, 9.17) is 34.3 Å². The molecule has 0 radical (unpaired) electrons. The average molecular weight is 321 g/mol. The number of nitrogens with zero attached hydrogens (tertiary/aromatic N) is 1. The quantitative estimate of drug-likeness (QED) is 0.837. The monoisotopic (exact) mass is 320 g/mol. The van der Waals surface area contributed by atoms with Crippen LogP contribution in [0.25, 0.3) is 0 Å². The Hall–Kier alpha value is -1.65. The SMILES string of the molecule is Cc1cc(Cl)c(C(C)C)cc1Oc1ccc(C(N)=S)cn1. The lowest BCUT2D eigenvalue weighted by molar-refractivity contribution is 0.458. The molecule has 0 unspecified atom stereocenters. The summed E-state index contributed by atoms with van der Waals surface area (Å²) in [7, 11) is 0. The molecule has 0 atom stereocenters. The van der Waals surface area contributed by atoms with Gasteiger partial charge in [0.05, 0.1) is 0 Å². The minimum atomic E-state index is 0.318. The Kier molecular flexibility index (Phi) is 4.80. The summed E-state index contributed by atoms with van der Waals surface area (Å²) in [6, 6.07) is 7.41. The number of thiocarbonyl (C=S) groups is 1. The summed E-state index contributed by atoms with van der Waals surface area (Å²) < 4.78 is 5.84. The van der Waals surface area contributed by atoms with Gasteiger partial charge in [-0.25, -0.2) is 4.98 Å². The largest absolute Gasteiger partial charge is 0.439 e. The van der Waals surface area contributed by atoms with Crippen LogP contribution in [0, 0.1) is 6.92 Å². The van der Waals surface area contributed by atoms with E-state index in [1.165, 1.54) is 0 Å². The fourth-order valence-corrected chi connectivity index (χ4v) is 2.48. The van der Waals surface area contributed by atoms with Crippen LogP contribution < -0.4 is 10.5 Å². The van der Waals surface area contributed by atoms with Crippen molar-refractivity contribution in [2.45, 2.75) is 26.7 Å². The molecule has 5 heteroatoms. The van der Waals surface area contributed by atoms with E-state index in [0.717, 1.165) is 21.9 Å². The number of benzene rings is 1. The third-order valence-electron chi connectivity index (χ3n) is 3.15. The van der Waals surface area contributed by atoms with E-state index in [2.05, 4.69) is 18.8 Å². The van der Waals surface area contributed by atoms with Crippen LogP contribution in [-0.4, -0.2) is 9.97 Å². The van der Waals surface area contributed by atoms with Gasteiger partial charge in [0.2, 0.25) is 5.88 Å². The Morgan fingerprint density at radius 2 is 2.05 bits per heavy atom. The van der Waals surface area contributed by atoms with Gasteiger partial charge in [-0.3, -0.25) is 0 Å². The molecule has 21 heavy (non-hydrogen) atoms. The van der Waals surface area contributed by atoms with Crippen molar-refractivity contribution in [3.63, 3.8) is 0 Å². The molecule has 0 spiro atoms. The van der Waals surface area contributed by atoms with Crippen LogP contribution >= 0.6 is 23.8 Å². The van der Waals surface area contributed by atoms with Gasteiger partial charge in [0, 0.05) is 22.8 Å². The predicted octanol–water partition coefficient (Wildman–Crippen LogP) is 4.59. The lowest BCUT2D eigenvalue weighted by Crippen LogP contribution is -2.09. The molecule has 0 saturated carbocycles. The van der Waals surface area contributed by atoms with Crippen molar-refractivity contribution < 1.29 is 4.74 Å². The molecular weight excluding hydrogens is 304 g/mol. The summed E-state index contributed by atoms with van der Waals surface area (Å²) >= 11 is 11.2. The molecule has 0 amide bonds. The Balaban J connectivity index is 2.30. The normalized spacial score (nSPS) is 10.7. The Labute approximate surface area is 135 Å². The molecule has 0 aliphatic carbocycles. The highest BCUT2D eigenvalue weighted by molar-refractivity contribution is 7.80. The summed E-state index contributed by atoms with van der Waals surface area (Å²) in [6.07, 6.45) is 1.60. The van der Waals surface area contributed by atoms with Crippen LogP contribution in [0.5, 0.6) is 11.6 Å². The van der Waals surface area contributed by atoms with Gasteiger partial charge in [0.15, 0.2) is 0 Å². The molecular formula is C16H17ClN2OS. The van der Waals surface area contributed by atoms with Crippen molar-refractivity contribution in [3.8, 4) is 11.6 Å². The number of halogens is 1. The van der Waals surface area contributed by atoms with Crippen LogP contribution in [0.2, 0.25) is 5.02 Å². The Morgan fingerprint density at radius 3 is 2.57 bits per heavy atom. The van der Waals surface area contributed by atoms with Gasteiger partial charge in [-0.2, -0.15) is 0 Å². The molecule has 1 aromatic heterocycles. The molecule has 3 nitrogen and oxygen atoms in total. The van der Waals surface area contributed by atoms with Gasteiger partial charge in [-0.15, -0.1) is 0 Å². The zero-order valence-electron chi connectivity index (χ0n) is 12.2. The van der Waals surface area contributed by atoms with Gasteiger partial charge in [0.1, 0.15) is 10.7 Å². The highest BCUT2D eigenvalue weighted by Crippen LogP contribution is 2.33. The maximum Gasteiger partial charge on any atom is 0.219 e. The summed E-state index contributed by atoms with van der Waals surface area (Å²) in [5, 5.41) is 0.756. The summed E-state index contributed by atoms with van der Waals surface area (Å²) in [6.45, 7) is 6.14.